The van der Waals surface area contributed by atoms with Crippen LogP contribution >= 0.6 is 0 Å². The number of benzene rings is 2. The molecule has 2 atom stereocenters. The summed E-state index contributed by atoms with van der Waals surface area (Å²) in [5.74, 6) is 1.09. The van der Waals surface area contributed by atoms with Gasteiger partial charge in [0.15, 0.2) is 0 Å². The van der Waals surface area contributed by atoms with Crippen molar-refractivity contribution < 1.29 is 4.79 Å². The van der Waals surface area contributed by atoms with E-state index in [-0.39, 0.29) is 5.91 Å². The minimum absolute atomic E-state index is 0.00820. The molecule has 6 nitrogen and oxygen atoms in total. The third kappa shape index (κ3) is 2.41. The van der Waals surface area contributed by atoms with E-state index in [1.165, 1.54) is 12.0 Å². The highest BCUT2D eigenvalue weighted by atomic mass is 16.1. The number of carbonyl (C=O) groups excluding carboxylic acids is 1. The van der Waals surface area contributed by atoms with Gasteiger partial charge in [-0.1, -0.05) is 36.4 Å². The van der Waals surface area contributed by atoms with Crippen LogP contribution in [0.15, 0.2) is 48.5 Å². The summed E-state index contributed by atoms with van der Waals surface area (Å²) in [6, 6.07) is 17.2. The van der Waals surface area contributed by atoms with Crippen molar-refractivity contribution in [1.29, 1.82) is 0 Å². The van der Waals surface area contributed by atoms with Crippen LogP contribution < -0.4 is 5.32 Å². The number of fused-ring (bicyclic) bond motifs is 1. The maximum absolute atomic E-state index is 12.4. The molecule has 4 aliphatic rings. The Labute approximate surface area is 163 Å². The molecule has 2 bridgehead atoms. The molecule has 3 aromatic rings. The molecule has 3 fully saturated rings. The van der Waals surface area contributed by atoms with E-state index in [0.717, 1.165) is 48.6 Å². The standard InChI is InChI=1S/C22H23N5O/c28-22-17-7-4-8-18-21(17)26(10-9-23-22)19(24-18)14-27-16-11-20(27)25(13-16)12-15-5-2-1-3-6-15/h1-8,16,20H,9-14H2,(H,23,28). The summed E-state index contributed by atoms with van der Waals surface area (Å²) in [5.41, 5.74) is 4.04. The summed E-state index contributed by atoms with van der Waals surface area (Å²) >= 11 is 0. The maximum atomic E-state index is 12.4. The number of carbonyl (C=O) groups is 1. The smallest absolute Gasteiger partial charge is 0.253 e. The summed E-state index contributed by atoms with van der Waals surface area (Å²) in [6.45, 7) is 4.43. The van der Waals surface area contributed by atoms with E-state index < -0.39 is 0 Å². The molecule has 28 heavy (non-hydrogen) atoms. The fourth-order valence-electron chi connectivity index (χ4n) is 5.09. The van der Waals surface area contributed by atoms with Crippen LogP contribution in [0.1, 0.15) is 28.2 Å². The Hall–Kier alpha value is -2.70. The van der Waals surface area contributed by atoms with Crippen molar-refractivity contribution in [2.45, 2.75) is 38.3 Å². The second kappa shape index (κ2) is 6.15. The maximum Gasteiger partial charge on any atom is 0.253 e. The van der Waals surface area contributed by atoms with Crippen molar-refractivity contribution in [2.24, 2.45) is 0 Å². The zero-order chi connectivity index (χ0) is 18.7. The average molecular weight is 373 g/mol. The normalized spacial score (nSPS) is 24.2. The predicted octanol–water partition coefficient (Wildman–Crippen LogP) is 2.20. The monoisotopic (exact) mass is 373 g/mol. The van der Waals surface area contributed by atoms with E-state index >= 15 is 0 Å². The van der Waals surface area contributed by atoms with Crippen molar-refractivity contribution in [1.82, 2.24) is 24.7 Å². The molecule has 1 amide bonds. The van der Waals surface area contributed by atoms with Crippen LogP contribution in [0.4, 0.5) is 0 Å². The predicted molar refractivity (Wildman–Crippen MR) is 107 cm³/mol. The molecule has 0 aliphatic carbocycles. The Bertz CT molecular complexity index is 1060. The van der Waals surface area contributed by atoms with Crippen LogP contribution in [0.25, 0.3) is 11.0 Å². The highest BCUT2D eigenvalue weighted by Crippen LogP contribution is 2.39. The molecule has 2 aromatic carbocycles. The fourth-order valence-corrected chi connectivity index (χ4v) is 5.09. The third-order valence-corrected chi connectivity index (χ3v) is 6.47. The van der Waals surface area contributed by atoms with E-state index in [1.807, 2.05) is 18.2 Å². The number of imidazole rings is 1. The Balaban J connectivity index is 1.27. The molecule has 1 N–H and O–H groups in total. The van der Waals surface area contributed by atoms with E-state index in [4.69, 9.17) is 4.98 Å². The molecule has 0 spiro atoms. The summed E-state index contributed by atoms with van der Waals surface area (Å²) in [7, 11) is 0. The van der Waals surface area contributed by atoms with Gasteiger partial charge in [0.1, 0.15) is 5.82 Å². The van der Waals surface area contributed by atoms with Gasteiger partial charge in [0.25, 0.3) is 5.91 Å². The number of aromatic nitrogens is 2. The van der Waals surface area contributed by atoms with E-state index in [9.17, 15) is 4.79 Å². The topological polar surface area (TPSA) is 53.4 Å². The second-order valence-corrected chi connectivity index (χ2v) is 8.07. The van der Waals surface area contributed by atoms with Crippen molar-refractivity contribution in [3.05, 3.63) is 65.5 Å². The van der Waals surface area contributed by atoms with Crippen molar-refractivity contribution >= 4 is 16.9 Å². The van der Waals surface area contributed by atoms with Gasteiger partial charge >= 0.3 is 0 Å². The molecular formula is C22H23N5O. The quantitative estimate of drug-likeness (QED) is 0.762. The lowest BCUT2D eigenvalue weighted by Gasteiger charge is -2.41. The van der Waals surface area contributed by atoms with E-state index in [1.54, 1.807) is 0 Å². The van der Waals surface area contributed by atoms with Crippen LogP contribution in [-0.4, -0.2) is 50.6 Å². The van der Waals surface area contributed by atoms with Crippen LogP contribution in [0.5, 0.6) is 0 Å². The molecular weight excluding hydrogens is 350 g/mol. The number of nitrogens with one attached hydrogen (secondary N) is 1. The molecule has 7 rings (SSSR count). The van der Waals surface area contributed by atoms with Crippen LogP contribution in [-0.2, 0) is 19.6 Å². The summed E-state index contributed by atoms with van der Waals surface area (Å²) in [4.78, 5) is 22.4. The largest absolute Gasteiger partial charge is 0.350 e. The molecule has 0 saturated carbocycles. The molecule has 4 aliphatic heterocycles. The SMILES string of the molecule is O=C1NCCn2c(CN3C4CC3N(Cc3ccccc3)C4)nc3cccc1c32. The fraction of sp³-hybridized carbons (Fsp3) is 0.364. The molecule has 1 aromatic heterocycles. The Morgan fingerprint density at radius 1 is 1.07 bits per heavy atom. The molecule has 2 unspecified atom stereocenters. The lowest BCUT2D eigenvalue weighted by atomic mass is 10.1. The first-order valence-corrected chi connectivity index (χ1v) is 10.1. The second-order valence-electron chi connectivity index (χ2n) is 8.07. The molecule has 3 saturated heterocycles. The van der Waals surface area contributed by atoms with Gasteiger partial charge in [0.2, 0.25) is 0 Å². The number of hydrogen-bond donors (Lipinski definition) is 1. The van der Waals surface area contributed by atoms with Crippen LogP contribution in [0.3, 0.4) is 0 Å². The molecule has 0 radical (unpaired) electrons. The summed E-state index contributed by atoms with van der Waals surface area (Å²) < 4.78 is 2.25. The van der Waals surface area contributed by atoms with Crippen molar-refractivity contribution in [2.75, 3.05) is 13.1 Å². The number of amides is 1. The minimum Gasteiger partial charge on any atom is -0.350 e. The van der Waals surface area contributed by atoms with Crippen LogP contribution in [0.2, 0.25) is 0 Å². The zero-order valence-electron chi connectivity index (χ0n) is 15.7. The van der Waals surface area contributed by atoms with Gasteiger partial charge in [0.05, 0.1) is 29.3 Å². The molecule has 142 valence electrons. The van der Waals surface area contributed by atoms with Gasteiger partial charge < -0.3 is 9.88 Å². The first-order valence-electron chi connectivity index (χ1n) is 10.1. The van der Waals surface area contributed by atoms with E-state index in [0.29, 0.717) is 18.8 Å². The van der Waals surface area contributed by atoms with Gasteiger partial charge in [-0.15, -0.1) is 0 Å². The highest BCUT2D eigenvalue weighted by molar-refractivity contribution is 6.05. The lowest BCUT2D eigenvalue weighted by Crippen LogP contribution is -2.51. The van der Waals surface area contributed by atoms with Crippen molar-refractivity contribution in [3.8, 4) is 0 Å². The Kier molecular flexibility index (Phi) is 3.58. The summed E-state index contributed by atoms with van der Waals surface area (Å²) in [6.07, 6.45) is 1.75. The zero-order valence-corrected chi connectivity index (χ0v) is 15.7. The first-order chi connectivity index (χ1) is 13.8. The number of hydrogen-bond acceptors (Lipinski definition) is 4. The molecule has 5 heterocycles. The van der Waals surface area contributed by atoms with Crippen molar-refractivity contribution in [3.63, 3.8) is 0 Å². The van der Waals surface area contributed by atoms with Gasteiger partial charge in [-0.05, 0) is 24.1 Å². The Morgan fingerprint density at radius 2 is 1.96 bits per heavy atom. The number of rotatable bonds is 4. The van der Waals surface area contributed by atoms with Gasteiger partial charge in [-0.25, -0.2) is 4.98 Å². The van der Waals surface area contributed by atoms with E-state index in [2.05, 4.69) is 50.0 Å². The Morgan fingerprint density at radius 3 is 2.86 bits per heavy atom. The lowest BCUT2D eigenvalue weighted by molar-refractivity contribution is 0.0176. The van der Waals surface area contributed by atoms with Gasteiger partial charge in [-0.3, -0.25) is 14.6 Å². The summed E-state index contributed by atoms with van der Waals surface area (Å²) in [5, 5.41) is 3.00. The number of para-hydroxylation sites is 1. The van der Waals surface area contributed by atoms with Gasteiger partial charge in [0, 0.05) is 32.2 Å². The van der Waals surface area contributed by atoms with Crippen LogP contribution in [0, 0.1) is 0 Å². The van der Waals surface area contributed by atoms with Gasteiger partial charge in [-0.2, -0.15) is 0 Å². The highest BCUT2D eigenvalue weighted by Gasteiger charge is 2.50. The first kappa shape index (κ1) is 16.3. The third-order valence-electron chi connectivity index (χ3n) is 6.47. The molecule has 6 heteroatoms. The minimum atomic E-state index is 0.00820. The average Bonchev–Trinajstić information content (AvgIpc) is 3.34. The number of nitrogens with zero attached hydrogens (tertiary/aromatic N) is 4.